The average molecular weight is 334 g/mol. The lowest BCUT2D eigenvalue weighted by Gasteiger charge is -2.08. The Morgan fingerprint density at radius 1 is 1.00 bits per heavy atom. The second kappa shape index (κ2) is 7.96. The quantitative estimate of drug-likeness (QED) is 0.473. The molecule has 0 spiro atoms. The maximum Gasteiger partial charge on any atom is 0.516 e. The molecule has 0 radical (unpaired) electrons. The van der Waals surface area contributed by atoms with Crippen molar-refractivity contribution in [1.29, 1.82) is 0 Å². The topological polar surface area (TPSA) is 71.1 Å². The van der Waals surface area contributed by atoms with Gasteiger partial charge in [-0.2, -0.15) is 0 Å². The number of carbonyl (C=O) groups is 2. The second-order valence-corrected chi connectivity index (χ2v) is 4.62. The molecule has 2 rings (SSSR count). The maximum atomic E-state index is 13.7. The first-order valence-corrected chi connectivity index (χ1v) is 6.91. The van der Waals surface area contributed by atoms with Crippen LogP contribution in [0.1, 0.15) is 6.92 Å². The molecule has 2 aromatic rings. The van der Waals surface area contributed by atoms with E-state index in [0.717, 1.165) is 5.56 Å². The maximum absolute atomic E-state index is 13.7. The summed E-state index contributed by atoms with van der Waals surface area (Å²) in [5, 5.41) is 0. The van der Waals surface area contributed by atoms with Crippen molar-refractivity contribution in [1.82, 2.24) is 0 Å². The van der Waals surface area contributed by atoms with Gasteiger partial charge in [-0.05, 0) is 35.4 Å². The van der Waals surface area contributed by atoms with Crippen LogP contribution in [0.2, 0.25) is 0 Å². The molecule has 0 saturated heterocycles. The minimum atomic E-state index is -1.00. The largest absolute Gasteiger partial charge is 0.516 e. The van der Waals surface area contributed by atoms with Crippen molar-refractivity contribution in [2.75, 3.05) is 13.9 Å². The van der Waals surface area contributed by atoms with E-state index in [-0.39, 0.29) is 11.5 Å². The normalized spacial score (nSPS) is 9.96. The summed E-state index contributed by atoms with van der Waals surface area (Å²) in [4.78, 5) is 21.9. The van der Waals surface area contributed by atoms with Gasteiger partial charge in [0.05, 0.1) is 7.11 Å². The molecule has 0 unspecified atom stereocenters. The third-order valence-electron chi connectivity index (χ3n) is 2.98. The molecule has 6 nitrogen and oxygen atoms in total. The molecule has 0 saturated carbocycles. The number of hydrogen-bond acceptors (Lipinski definition) is 6. The van der Waals surface area contributed by atoms with E-state index < -0.39 is 24.7 Å². The molecule has 24 heavy (non-hydrogen) atoms. The third kappa shape index (κ3) is 4.70. The predicted octanol–water partition coefficient (Wildman–Crippen LogP) is 3.54. The fourth-order valence-corrected chi connectivity index (χ4v) is 1.85. The summed E-state index contributed by atoms with van der Waals surface area (Å²) in [5.41, 5.74) is 1.38. The van der Waals surface area contributed by atoms with Gasteiger partial charge < -0.3 is 18.9 Å². The molecule has 0 atom stereocenters. The first kappa shape index (κ1) is 17.3. The Hall–Kier alpha value is -3.09. The molecule has 0 aromatic heterocycles. The average Bonchev–Trinajstić information content (AvgIpc) is 2.55. The zero-order valence-corrected chi connectivity index (χ0v) is 13.1. The number of esters is 1. The van der Waals surface area contributed by atoms with E-state index in [4.69, 9.17) is 9.47 Å². The lowest BCUT2D eigenvalue weighted by Crippen LogP contribution is -2.14. The van der Waals surface area contributed by atoms with Gasteiger partial charge in [0.1, 0.15) is 5.75 Å². The molecule has 0 aliphatic rings. The SMILES string of the molecule is COc1ccc(-c2ccc(OC(=O)OCOC(C)=O)cc2)cc1F. The summed E-state index contributed by atoms with van der Waals surface area (Å²) in [7, 11) is 1.39. The van der Waals surface area contributed by atoms with E-state index >= 15 is 0 Å². The second-order valence-electron chi connectivity index (χ2n) is 4.62. The van der Waals surface area contributed by atoms with Crippen LogP contribution in [0.25, 0.3) is 11.1 Å². The van der Waals surface area contributed by atoms with E-state index in [0.29, 0.717) is 5.56 Å². The van der Waals surface area contributed by atoms with E-state index in [9.17, 15) is 14.0 Å². The summed E-state index contributed by atoms with van der Waals surface area (Å²) in [5.74, 6) is -0.641. The van der Waals surface area contributed by atoms with Crippen molar-refractivity contribution in [3.63, 3.8) is 0 Å². The van der Waals surface area contributed by atoms with Crippen LogP contribution < -0.4 is 9.47 Å². The summed E-state index contributed by atoms with van der Waals surface area (Å²) < 4.78 is 32.5. The van der Waals surface area contributed by atoms with Gasteiger partial charge in [0, 0.05) is 6.92 Å². The van der Waals surface area contributed by atoms with Crippen LogP contribution >= 0.6 is 0 Å². The van der Waals surface area contributed by atoms with Gasteiger partial charge in [-0.25, -0.2) is 9.18 Å². The number of methoxy groups -OCH3 is 1. The predicted molar refractivity (Wildman–Crippen MR) is 82.1 cm³/mol. The molecular weight excluding hydrogens is 319 g/mol. The molecule has 126 valence electrons. The molecule has 2 aromatic carbocycles. The molecule has 0 amide bonds. The van der Waals surface area contributed by atoms with Gasteiger partial charge in [0.25, 0.3) is 0 Å². The number of hydrogen-bond donors (Lipinski definition) is 0. The molecule has 0 N–H and O–H groups in total. The van der Waals surface area contributed by atoms with Crippen LogP contribution in [0.4, 0.5) is 9.18 Å². The van der Waals surface area contributed by atoms with E-state index in [1.165, 1.54) is 38.3 Å². The van der Waals surface area contributed by atoms with Crippen LogP contribution in [0, 0.1) is 5.82 Å². The van der Waals surface area contributed by atoms with Crippen molar-refractivity contribution >= 4 is 12.1 Å². The highest BCUT2D eigenvalue weighted by molar-refractivity contribution is 5.68. The monoisotopic (exact) mass is 334 g/mol. The Labute approximate surface area is 137 Å². The minimum absolute atomic E-state index is 0.161. The van der Waals surface area contributed by atoms with Crippen LogP contribution in [-0.4, -0.2) is 26.0 Å². The zero-order chi connectivity index (χ0) is 17.5. The first-order chi connectivity index (χ1) is 11.5. The van der Waals surface area contributed by atoms with Gasteiger partial charge in [-0.15, -0.1) is 0 Å². The number of halogens is 1. The van der Waals surface area contributed by atoms with Crippen LogP contribution in [0.5, 0.6) is 11.5 Å². The smallest absolute Gasteiger partial charge is 0.494 e. The Balaban J connectivity index is 1.99. The summed E-state index contributed by atoms with van der Waals surface area (Å²) in [6.07, 6.45) is -1.00. The Morgan fingerprint density at radius 3 is 2.25 bits per heavy atom. The Kier molecular flexibility index (Phi) is 5.73. The number of ether oxygens (including phenoxy) is 4. The van der Waals surface area contributed by atoms with Crippen molar-refractivity contribution < 1.29 is 32.9 Å². The fourth-order valence-electron chi connectivity index (χ4n) is 1.85. The van der Waals surface area contributed by atoms with Gasteiger partial charge in [-0.3, -0.25) is 4.79 Å². The van der Waals surface area contributed by atoms with E-state index in [1.807, 2.05) is 0 Å². The molecule has 0 bridgehead atoms. The minimum Gasteiger partial charge on any atom is -0.494 e. The molecular formula is C17H15FO6. The number of rotatable bonds is 5. The highest BCUT2D eigenvalue weighted by atomic mass is 19.1. The van der Waals surface area contributed by atoms with Crippen molar-refractivity contribution in [3.05, 3.63) is 48.3 Å². The van der Waals surface area contributed by atoms with Crippen LogP contribution in [0.15, 0.2) is 42.5 Å². The van der Waals surface area contributed by atoms with Gasteiger partial charge in [0.2, 0.25) is 6.79 Å². The first-order valence-electron chi connectivity index (χ1n) is 6.91. The van der Waals surface area contributed by atoms with Crippen molar-refractivity contribution in [2.24, 2.45) is 0 Å². The lowest BCUT2D eigenvalue weighted by molar-refractivity contribution is -0.149. The molecule has 0 fully saturated rings. The lowest BCUT2D eigenvalue weighted by atomic mass is 10.1. The molecule has 0 aliphatic carbocycles. The van der Waals surface area contributed by atoms with Crippen LogP contribution in [0.3, 0.4) is 0 Å². The highest BCUT2D eigenvalue weighted by Crippen LogP contribution is 2.27. The van der Waals surface area contributed by atoms with E-state index in [1.54, 1.807) is 18.2 Å². The standard InChI is InChI=1S/C17H15FO6/c1-11(19)22-10-23-17(20)24-14-6-3-12(4-7-14)13-5-8-16(21-2)15(18)9-13/h3-9H,10H2,1-2H3. The van der Waals surface area contributed by atoms with E-state index in [2.05, 4.69) is 9.47 Å². The summed E-state index contributed by atoms with van der Waals surface area (Å²) >= 11 is 0. The van der Waals surface area contributed by atoms with Gasteiger partial charge in [-0.1, -0.05) is 18.2 Å². The molecule has 7 heteroatoms. The molecule has 0 aliphatic heterocycles. The number of benzene rings is 2. The highest BCUT2D eigenvalue weighted by Gasteiger charge is 2.08. The summed E-state index contributed by atoms with van der Waals surface area (Å²) in [6, 6.07) is 11.0. The van der Waals surface area contributed by atoms with Gasteiger partial charge in [0.15, 0.2) is 11.6 Å². The fraction of sp³-hybridized carbons (Fsp3) is 0.176. The van der Waals surface area contributed by atoms with Gasteiger partial charge >= 0.3 is 12.1 Å². The Morgan fingerprint density at radius 2 is 1.67 bits per heavy atom. The number of carbonyl (C=O) groups excluding carboxylic acids is 2. The molecule has 0 heterocycles. The third-order valence-corrected chi connectivity index (χ3v) is 2.98. The zero-order valence-electron chi connectivity index (χ0n) is 13.1. The summed E-state index contributed by atoms with van der Waals surface area (Å²) in [6.45, 7) is 0.673. The van der Waals surface area contributed by atoms with Crippen LogP contribution in [-0.2, 0) is 14.3 Å². The van der Waals surface area contributed by atoms with Crippen molar-refractivity contribution in [3.8, 4) is 22.6 Å². The van der Waals surface area contributed by atoms with Crippen molar-refractivity contribution in [2.45, 2.75) is 6.92 Å². The Bertz CT molecular complexity index is 726.